The van der Waals surface area contributed by atoms with E-state index in [-0.39, 0.29) is 24.0 Å². The minimum atomic E-state index is -0.161. The third kappa shape index (κ3) is 4.28. The fourth-order valence-electron chi connectivity index (χ4n) is 3.47. The van der Waals surface area contributed by atoms with E-state index in [1.807, 2.05) is 24.0 Å². The van der Waals surface area contributed by atoms with Gasteiger partial charge in [0.1, 0.15) is 11.9 Å². The first-order valence-corrected chi connectivity index (χ1v) is 8.89. The maximum atomic E-state index is 12.8. The Morgan fingerprint density at radius 1 is 1.20 bits per heavy atom. The van der Waals surface area contributed by atoms with Crippen LogP contribution in [-0.2, 0) is 9.59 Å². The summed E-state index contributed by atoms with van der Waals surface area (Å²) in [5, 5.41) is 0. The van der Waals surface area contributed by atoms with Gasteiger partial charge in [0.2, 0.25) is 11.8 Å². The van der Waals surface area contributed by atoms with Crippen LogP contribution >= 0.6 is 0 Å². The van der Waals surface area contributed by atoms with Gasteiger partial charge in [0, 0.05) is 52.4 Å². The number of hydrogen-bond donors (Lipinski definition) is 0. The average molecular weight is 346 g/mol. The second kappa shape index (κ2) is 7.82. The van der Waals surface area contributed by atoms with Crippen molar-refractivity contribution < 1.29 is 14.3 Å². The first-order valence-electron chi connectivity index (χ1n) is 8.89. The number of piperazine rings is 1. The summed E-state index contributed by atoms with van der Waals surface area (Å²) in [6.07, 6.45) is 4.44. The van der Waals surface area contributed by atoms with E-state index in [1.54, 1.807) is 24.2 Å². The quantitative estimate of drug-likeness (QED) is 0.799. The van der Waals surface area contributed by atoms with Gasteiger partial charge in [-0.25, -0.2) is 0 Å². The summed E-state index contributed by atoms with van der Waals surface area (Å²) in [4.78, 5) is 34.1. The summed E-state index contributed by atoms with van der Waals surface area (Å²) < 4.78 is 5.95. The van der Waals surface area contributed by atoms with Crippen molar-refractivity contribution in [3.63, 3.8) is 0 Å². The maximum absolute atomic E-state index is 12.8. The Morgan fingerprint density at radius 2 is 1.92 bits per heavy atom. The van der Waals surface area contributed by atoms with Crippen LogP contribution in [0.15, 0.2) is 24.5 Å². The van der Waals surface area contributed by atoms with E-state index in [9.17, 15) is 9.59 Å². The summed E-state index contributed by atoms with van der Waals surface area (Å²) >= 11 is 0. The zero-order valence-electron chi connectivity index (χ0n) is 14.9. The Hall–Kier alpha value is -2.15. The van der Waals surface area contributed by atoms with Crippen molar-refractivity contribution in [3.05, 3.63) is 24.5 Å². The van der Waals surface area contributed by atoms with Crippen molar-refractivity contribution in [1.82, 2.24) is 19.7 Å². The lowest BCUT2D eigenvalue weighted by Gasteiger charge is -2.37. The third-order valence-corrected chi connectivity index (χ3v) is 5.06. The molecule has 0 unspecified atom stereocenters. The van der Waals surface area contributed by atoms with E-state index in [0.29, 0.717) is 26.2 Å². The monoisotopic (exact) mass is 346 g/mol. The summed E-state index contributed by atoms with van der Waals surface area (Å²) in [6, 6.07) is 3.60. The van der Waals surface area contributed by atoms with Crippen molar-refractivity contribution in [2.45, 2.75) is 32.4 Å². The van der Waals surface area contributed by atoms with Gasteiger partial charge in [0.25, 0.3) is 0 Å². The highest BCUT2D eigenvalue weighted by Gasteiger charge is 2.34. The number of rotatable bonds is 4. The number of aromatic nitrogens is 1. The molecule has 7 heteroatoms. The molecule has 0 saturated carbocycles. The molecule has 2 aliphatic rings. The van der Waals surface area contributed by atoms with Crippen molar-refractivity contribution in [2.75, 3.05) is 39.3 Å². The van der Waals surface area contributed by atoms with Gasteiger partial charge in [-0.05, 0) is 25.5 Å². The van der Waals surface area contributed by atoms with Gasteiger partial charge in [-0.1, -0.05) is 0 Å². The van der Waals surface area contributed by atoms with E-state index in [0.717, 1.165) is 25.3 Å². The number of ether oxygens (including phenoxy) is 1. The van der Waals surface area contributed by atoms with Crippen LogP contribution in [0.25, 0.3) is 0 Å². The second-order valence-electron chi connectivity index (χ2n) is 6.72. The molecule has 3 heterocycles. The number of amides is 2. The van der Waals surface area contributed by atoms with Crippen LogP contribution < -0.4 is 4.74 Å². The van der Waals surface area contributed by atoms with Crippen LogP contribution in [0.4, 0.5) is 0 Å². The molecule has 2 amide bonds. The first-order chi connectivity index (χ1) is 12.0. The highest BCUT2D eigenvalue weighted by atomic mass is 16.5. The largest absolute Gasteiger partial charge is 0.487 e. The lowest BCUT2D eigenvalue weighted by atomic mass is 10.2. The molecule has 136 valence electrons. The van der Waals surface area contributed by atoms with E-state index < -0.39 is 0 Å². The smallest absolute Gasteiger partial charge is 0.239 e. The topological polar surface area (TPSA) is 66.0 Å². The number of carbonyl (C=O) groups is 2. The molecule has 2 aliphatic heterocycles. The maximum Gasteiger partial charge on any atom is 0.239 e. The average Bonchev–Trinajstić information content (AvgIpc) is 3.10. The highest BCUT2D eigenvalue weighted by Crippen LogP contribution is 2.20. The predicted molar refractivity (Wildman–Crippen MR) is 93.1 cm³/mol. The Kier molecular flexibility index (Phi) is 5.53. The van der Waals surface area contributed by atoms with E-state index >= 15 is 0 Å². The minimum absolute atomic E-state index is 0.0788. The second-order valence-corrected chi connectivity index (χ2v) is 6.72. The zero-order chi connectivity index (χ0) is 17.8. The number of pyridine rings is 1. The summed E-state index contributed by atoms with van der Waals surface area (Å²) in [7, 11) is 0. The van der Waals surface area contributed by atoms with Crippen molar-refractivity contribution >= 4 is 11.8 Å². The van der Waals surface area contributed by atoms with Gasteiger partial charge in [-0.2, -0.15) is 0 Å². The Morgan fingerprint density at radius 3 is 2.56 bits per heavy atom. The molecule has 25 heavy (non-hydrogen) atoms. The molecular formula is C18H26N4O3. The van der Waals surface area contributed by atoms with Gasteiger partial charge in [-0.3, -0.25) is 19.5 Å². The normalized spacial score (nSPS) is 22.7. The van der Waals surface area contributed by atoms with Crippen LogP contribution in [0, 0.1) is 0 Å². The van der Waals surface area contributed by atoms with E-state index in [1.165, 1.54) is 0 Å². The molecule has 0 radical (unpaired) electrons. The van der Waals surface area contributed by atoms with Gasteiger partial charge in [0.15, 0.2) is 0 Å². The van der Waals surface area contributed by atoms with Crippen LogP contribution in [0.5, 0.6) is 5.75 Å². The molecule has 0 bridgehead atoms. The molecule has 7 nitrogen and oxygen atoms in total. The first kappa shape index (κ1) is 17.7. The van der Waals surface area contributed by atoms with Crippen LogP contribution in [0.1, 0.15) is 20.3 Å². The van der Waals surface area contributed by atoms with Crippen molar-refractivity contribution in [2.24, 2.45) is 0 Å². The van der Waals surface area contributed by atoms with Crippen LogP contribution in [0.3, 0.4) is 0 Å². The molecule has 0 aromatic carbocycles. The van der Waals surface area contributed by atoms with Crippen LogP contribution in [0.2, 0.25) is 0 Å². The molecular weight excluding hydrogens is 320 g/mol. The molecule has 1 aromatic rings. The Labute approximate surface area is 148 Å². The van der Waals surface area contributed by atoms with Gasteiger partial charge >= 0.3 is 0 Å². The molecule has 0 spiro atoms. The Bertz CT molecular complexity index is 602. The standard InChI is InChI=1S/C18H26N4O3/c1-14(18(24)21-10-8-20(9-11-21)15(2)23)22-7-5-17(13-22)25-16-4-3-6-19-12-16/h3-4,6,12,14,17H,5,7-11,13H2,1-2H3/t14-,17-/m1/s1. The molecule has 2 saturated heterocycles. The minimum Gasteiger partial charge on any atom is -0.487 e. The SMILES string of the molecule is CC(=O)N1CCN(C(=O)[C@@H](C)N2CC[C@@H](Oc3cccnc3)C2)CC1. The fourth-order valence-corrected chi connectivity index (χ4v) is 3.47. The molecule has 3 rings (SSSR count). The highest BCUT2D eigenvalue weighted by molar-refractivity contribution is 5.82. The lowest BCUT2D eigenvalue weighted by molar-refractivity contribution is -0.141. The number of carbonyl (C=O) groups excluding carboxylic acids is 2. The molecule has 2 atom stereocenters. The van der Waals surface area contributed by atoms with Gasteiger partial charge < -0.3 is 14.5 Å². The number of hydrogen-bond acceptors (Lipinski definition) is 5. The van der Waals surface area contributed by atoms with Gasteiger partial charge in [-0.15, -0.1) is 0 Å². The summed E-state index contributed by atoms with van der Waals surface area (Å²) in [6.45, 7) is 7.62. The summed E-state index contributed by atoms with van der Waals surface area (Å²) in [5.74, 6) is 0.994. The van der Waals surface area contributed by atoms with Crippen LogP contribution in [-0.4, -0.2) is 82.9 Å². The zero-order valence-corrected chi connectivity index (χ0v) is 14.9. The summed E-state index contributed by atoms with van der Waals surface area (Å²) in [5.41, 5.74) is 0. The lowest BCUT2D eigenvalue weighted by Crippen LogP contribution is -2.54. The predicted octanol–water partition coefficient (Wildman–Crippen LogP) is 0.614. The number of nitrogens with zero attached hydrogens (tertiary/aromatic N) is 4. The van der Waals surface area contributed by atoms with Crippen molar-refractivity contribution in [1.29, 1.82) is 0 Å². The molecule has 0 N–H and O–H groups in total. The van der Waals surface area contributed by atoms with Crippen molar-refractivity contribution in [3.8, 4) is 5.75 Å². The van der Waals surface area contributed by atoms with Gasteiger partial charge in [0.05, 0.1) is 12.2 Å². The van der Waals surface area contributed by atoms with E-state index in [4.69, 9.17) is 4.74 Å². The number of likely N-dealkylation sites (tertiary alicyclic amines) is 1. The Balaban J connectivity index is 1.49. The van der Waals surface area contributed by atoms with E-state index in [2.05, 4.69) is 9.88 Å². The molecule has 1 aromatic heterocycles. The fraction of sp³-hybridized carbons (Fsp3) is 0.611. The third-order valence-electron chi connectivity index (χ3n) is 5.06. The molecule has 2 fully saturated rings. The molecule has 0 aliphatic carbocycles.